The van der Waals surface area contributed by atoms with Crippen molar-refractivity contribution >= 4 is 27.5 Å². The van der Waals surface area contributed by atoms with Crippen LogP contribution in [0.15, 0.2) is 30.3 Å². The summed E-state index contributed by atoms with van der Waals surface area (Å²) in [6.45, 7) is 11.1. The lowest BCUT2D eigenvalue weighted by Crippen LogP contribution is -2.43. The predicted octanol–water partition coefficient (Wildman–Crippen LogP) is 7.29. The highest BCUT2D eigenvalue weighted by atomic mass is 19.1. The molecule has 1 atom stereocenters. The number of fused-ring (bicyclic) bond motifs is 3. The van der Waals surface area contributed by atoms with Crippen molar-refractivity contribution in [1.29, 1.82) is 0 Å². The van der Waals surface area contributed by atoms with Crippen molar-refractivity contribution in [3.8, 4) is 29.6 Å². The second-order valence-corrected chi connectivity index (χ2v) is 13.6. The first-order chi connectivity index (χ1) is 22.8. The molecule has 6 rings (SSSR count). The van der Waals surface area contributed by atoms with Gasteiger partial charge in [0, 0.05) is 10.9 Å². The Hall–Kier alpha value is -3.87. The zero-order chi connectivity index (χ0) is 33.1. The van der Waals surface area contributed by atoms with Crippen molar-refractivity contribution in [1.82, 2.24) is 25.2 Å². The molecule has 0 radical (unpaired) electrons. The van der Waals surface area contributed by atoms with Crippen molar-refractivity contribution < 1.29 is 13.5 Å². The number of nitrogen functional groups attached to an aromatic ring is 1. The molecule has 0 saturated carbocycles. The summed E-state index contributed by atoms with van der Waals surface area (Å²) in [5, 5.41) is 5.09. The minimum atomic E-state index is -0.659. The number of nitrogens with one attached hydrogen (secondary N) is 1. The molecule has 47 heavy (non-hydrogen) atoms. The predicted molar refractivity (Wildman–Crippen MR) is 185 cm³/mol. The van der Waals surface area contributed by atoms with E-state index in [0.717, 1.165) is 71.1 Å². The number of hydrogen-bond acceptors (Lipinski definition) is 7. The highest BCUT2D eigenvalue weighted by Gasteiger charge is 2.45. The molecule has 2 aliphatic heterocycles. The summed E-state index contributed by atoms with van der Waals surface area (Å²) >= 11 is 0. The maximum Gasteiger partial charge on any atom is 0.319 e. The molecule has 0 unspecified atom stereocenters. The number of hydrogen-bond donors (Lipinski definition) is 2. The first-order valence-electron chi connectivity index (χ1n) is 17.2. The van der Waals surface area contributed by atoms with Crippen LogP contribution in [0.4, 0.5) is 14.6 Å². The van der Waals surface area contributed by atoms with Crippen LogP contribution in [0.3, 0.4) is 0 Å². The molecule has 0 bridgehead atoms. The molecule has 2 aliphatic rings. The van der Waals surface area contributed by atoms with Gasteiger partial charge >= 0.3 is 6.01 Å². The average molecular weight is 641 g/mol. The van der Waals surface area contributed by atoms with Crippen LogP contribution >= 0.6 is 0 Å². The lowest BCUT2D eigenvalue weighted by molar-refractivity contribution is 0.108. The highest BCUT2D eigenvalue weighted by Crippen LogP contribution is 2.40. The number of halogens is 2. The summed E-state index contributed by atoms with van der Waals surface area (Å²) in [5.74, 6) is 2.40. The summed E-state index contributed by atoms with van der Waals surface area (Å²) in [6.07, 6.45) is 13.6. The maximum absolute atomic E-state index is 16.8. The second-order valence-electron chi connectivity index (χ2n) is 13.6. The number of anilines is 1. The fourth-order valence-corrected chi connectivity index (χ4v) is 7.70. The topological polar surface area (TPSA) is 89.2 Å². The van der Waals surface area contributed by atoms with Crippen LogP contribution in [-0.2, 0) is 6.42 Å². The van der Waals surface area contributed by atoms with Crippen LogP contribution in [0.1, 0.15) is 77.0 Å². The monoisotopic (exact) mass is 640 g/mol. The van der Waals surface area contributed by atoms with Crippen molar-refractivity contribution in [2.45, 2.75) is 77.7 Å². The normalized spacial score (nSPS) is 16.6. The molecule has 0 aliphatic carbocycles. The molecular weight excluding hydrogens is 594 g/mol. The Kier molecular flexibility index (Phi) is 9.90. The number of nitrogens with zero attached hydrogens (tertiary/aromatic N) is 4. The molecule has 2 saturated heterocycles. The summed E-state index contributed by atoms with van der Waals surface area (Å²) in [4.78, 5) is 16.6. The Morgan fingerprint density at radius 2 is 1.87 bits per heavy atom. The van der Waals surface area contributed by atoms with Crippen LogP contribution in [0.2, 0.25) is 0 Å². The van der Waals surface area contributed by atoms with Crippen LogP contribution in [0, 0.1) is 35.8 Å². The third-order valence-electron chi connectivity index (χ3n) is 10.3. The van der Waals surface area contributed by atoms with Gasteiger partial charge in [0.1, 0.15) is 29.5 Å². The van der Waals surface area contributed by atoms with Gasteiger partial charge in [0.2, 0.25) is 0 Å². The molecule has 2 aromatic carbocycles. The van der Waals surface area contributed by atoms with Crippen molar-refractivity contribution in [3.63, 3.8) is 0 Å². The molecule has 7 nitrogen and oxygen atoms in total. The first kappa shape index (κ1) is 33.0. The summed E-state index contributed by atoms with van der Waals surface area (Å²) in [5.41, 5.74) is 7.76. The number of ether oxygens (including phenoxy) is 1. The van der Waals surface area contributed by atoms with Gasteiger partial charge in [-0.3, -0.25) is 4.90 Å². The zero-order valence-electron chi connectivity index (χ0n) is 27.8. The lowest BCUT2D eigenvalue weighted by Gasteiger charge is -2.31. The van der Waals surface area contributed by atoms with E-state index in [2.05, 4.69) is 46.9 Å². The van der Waals surface area contributed by atoms with Gasteiger partial charge in [-0.25, -0.2) is 13.8 Å². The number of rotatable bonds is 13. The Morgan fingerprint density at radius 1 is 1.09 bits per heavy atom. The van der Waals surface area contributed by atoms with E-state index in [1.807, 2.05) is 6.07 Å². The largest absolute Gasteiger partial charge is 0.461 e. The molecule has 0 amide bonds. The number of pyridine rings is 1. The van der Waals surface area contributed by atoms with E-state index < -0.39 is 11.6 Å². The van der Waals surface area contributed by atoms with E-state index in [1.165, 1.54) is 6.07 Å². The van der Waals surface area contributed by atoms with Gasteiger partial charge in [-0.15, -0.1) is 6.42 Å². The van der Waals surface area contributed by atoms with Crippen molar-refractivity contribution in [2.75, 3.05) is 38.5 Å². The second kappa shape index (κ2) is 14.1. The fraction of sp³-hybridized carbons (Fsp3) is 0.500. The van der Waals surface area contributed by atoms with Gasteiger partial charge in [-0.2, -0.15) is 9.97 Å². The number of aromatic nitrogens is 3. The maximum atomic E-state index is 16.8. The van der Waals surface area contributed by atoms with Gasteiger partial charge in [-0.1, -0.05) is 51.0 Å². The van der Waals surface area contributed by atoms with Crippen molar-refractivity contribution in [2.24, 2.45) is 11.8 Å². The molecular formula is C38H46F2N6O. The minimum absolute atomic E-state index is 0.0300. The van der Waals surface area contributed by atoms with E-state index >= 15 is 4.39 Å². The fourth-order valence-electron chi connectivity index (χ4n) is 7.70. The third-order valence-corrected chi connectivity index (χ3v) is 10.3. The first-order valence-corrected chi connectivity index (χ1v) is 17.2. The molecule has 2 fully saturated rings. The van der Waals surface area contributed by atoms with E-state index in [0.29, 0.717) is 52.3 Å². The van der Waals surface area contributed by atoms with Gasteiger partial charge in [-0.05, 0) is 101 Å². The molecule has 2 aromatic heterocycles. The lowest BCUT2D eigenvalue weighted by atomic mass is 9.89. The van der Waals surface area contributed by atoms with Gasteiger partial charge in [0.05, 0.1) is 22.2 Å². The molecule has 9 heteroatoms. The van der Waals surface area contributed by atoms with Gasteiger partial charge in [0.15, 0.2) is 5.82 Å². The zero-order valence-corrected chi connectivity index (χ0v) is 27.8. The SMILES string of the molecule is C#Cc1c(F)ccc2cccc(-c3nc(CCC[C@H](CNCCC)C(C)C)c4c(N)nc(OCC56CCCN5CCC6)nc4c3F)c12. The van der Waals surface area contributed by atoms with Gasteiger partial charge < -0.3 is 15.8 Å². The van der Waals surface area contributed by atoms with E-state index in [4.69, 9.17) is 21.9 Å². The summed E-state index contributed by atoms with van der Waals surface area (Å²) < 4.78 is 38.0. The van der Waals surface area contributed by atoms with E-state index in [9.17, 15) is 4.39 Å². The number of terminal acetylenes is 1. The van der Waals surface area contributed by atoms with Crippen LogP contribution in [-0.4, -0.2) is 58.2 Å². The molecule has 4 aromatic rings. The molecule has 4 heterocycles. The highest BCUT2D eigenvalue weighted by molar-refractivity contribution is 6.02. The van der Waals surface area contributed by atoms with E-state index in [-0.39, 0.29) is 34.1 Å². The van der Waals surface area contributed by atoms with Gasteiger partial charge in [0.25, 0.3) is 0 Å². The minimum Gasteiger partial charge on any atom is -0.461 e. The Labute approximate surface area is 276 Å². The Bertz CT molecular complexity index is 1790. The van der Waals surface area contributed by atoms with Crippen LogP contribution < -0.4 is 15.8 Å². The van der Waals surface area contributed by atoms with Crippen LogP contribution in [0.25, 0.3) is 32.9 Å². The Balaban J connectivity index is 1.42. The standard InChI is InChI=1S/C38H46F2N6O/c1-5-19-42-22-26(24(3)4)12-8-14-30-32-35(44-37(45-36(32)41)47-23-38-17-9-20-46(38)21-10-18-38)33(40)34(43-30)28-13-7-11-25-15-16-29(39)27(6-2)31(25)28/h2,7,11,13,15-16,24,26,42H,5,8-10,12,14,17-23H2,1,3-4H3,(H2,41,44,45)/t26-/m1/s1. The van der Waals surface area contributed by atoms with Crippen molar-refractivity contribution in [3.05, 3.63) is 53.2 Å². The number of aryl methyl sites for hydroxylation is 1. The van der Waals surface area contributed by atoms with Crippen LogP contribution in [0.5, 0.6) is 6.01 Å². The Morgan fingerprint density at radius 3 is 2.60 bits per heavy atom. The smallest absolute Gasteiger partial charge is 0.319 e. The average Bonchev–Trinajstić information content (AvgIpc) is 3.64. The summed E-state index contributed by atoms with van der Waals surface area (Å²) in [7, 11) is 0. The molecule has 3 N–H and O–H groups in total. The third kappa shape index (κ3) is 6.50. The number of nitrogens with two attached hydrogens (primary N) is 1. The quantitative estimate of drug-likeness (QED) is 0.117. The summed E-state index contributed by atoms with van der Waals surface area (Å²) in [6, 6.07) is 8.40. The number of benzene rings is 2. The molecule has 0 spiro atoms. The molecule has 248 valence electrons. The van der Waals surface area contributed by atoms with E-state index in [1.54, 1.807) is 18.2 Å².